The summed E-state index contributed by atoms with van der Waals surface area (Å²) in [5, 5.41) is 14.4. The summed E-state index contributed by atoms with van der Waals surface area (Å²) in [5.41, 5.74) is 1.72. The normalized spacial score (nSPS) is 11.2. The largest absolute Gasteiger partial charge is 0.488 e. The number of rotatable bonds is 6. The molecular weight excluding hydrogens is 510 g/mol. The molecular formula is C24H17BrClN3O4. The van der Waals surface area contributed by atoms with Crippen LogP contribution in [0.2, 0.25) is 5.02 Å². The van der Waals surface area contributed by atoms with Crippen LogP contribution in [-0.2, 0) is 6.61 Å². The molecule has 0 saturated heterocycles. The van der Waals surface area contributed by atoms with Crippen molar-refractivity contribution in [1.82, 2.24) is 9.66 Å². The van der Waals surface area contributed by atoms with E-state index < -0.39 is 5.97 Å². The molecule has 0 fully saturated rings. The molecule has 0 radical (unpaired) electrons. The van der Waals surface area contributed by atoms with Gasteiger partial charge in [0.15, 0.2) is 0 Å². The van der Waals surface area contributed by atoms with E-state index in [1.165, 1.54) is 17.0 Å². The Bertz CT molecular complexity index is 1470. The number of aromatic carboxylic acids is 1. The predicted octanol–water partition coefficient (Wildman–Crippen LogP) is 5.28. The molecule has 0 spiro atoms. The summed E-state index contributed by atoms with van der Waals surface area (Å²) in [6.45, 7) is 1.85. The average molecular weight is 527 g/mol. The van der Waals surface area contributed by atoms with E-state index in [-0.39, 0.29) is 17.7 Å². The van der Waals surface area contributed by atoms with Crippen LogP contribution in [0.3, 0.4) is 0 Å². The van der Waals surface area contributed by atoms with E-state index in [0.29, 0.717) is 38.6 Å². The third kappa shape index (κ3) is 5.13. The van der Waals surface area contributed by atoms with Gasteiger partial charge in [0.1, 0.15) is 18.2 Å². The molecule has 0 unspecified atom stereocenters. The lowest BCUT2D eigenvalue weighted by molar-refractivity contribution is 0.0696. The average Bonchev–Trinajstić information content (AvgIpc) is 2.79. The highest BCUT2D eigenvalue weighted by molar-refractivity contribution is 9.10. The highest BCUT2D eigenvalue weighted by Gasteiger charge is 2.10. The van der Waals surface area contributed by atoms with Crippen LogP contribution in [0.15, 0.2) is 75.0 Å². The van der Waals surface area contributed by atoms with Crippen molar-refractivity contribution in [1.29, 1.82) is 0 Å². The Morgan fingerprint density at radius 3 is 2.82 bits per heavy atom. The Labute approximate surface area is 202 Å². The van der Waals surface area contributed by atoms with Gasteiger partial charge in [-0.25, -0.2) is 9.78 Å². The van der Waals surface area contributed by atoms with Crippen LogP contribution in [0.1, 0.15) is 27.3 Å². The van der Waals surface area contributed by atoms with E-state index in [2.05, 4.69) is 26.0 Å². The van der Waals surface area contributed by atoms with Gasteiger partial charge in [0, 0.05) is 15.1 Å². The minimum absolute atomic E-state index is 0.147. The second-order valence-corrected chi connectivity index (χ2v) is 8.51. The van der Waals surface area contributed by atoms with Gasteiger partial charge in [-0.2, -0.15) is 9.78 Å². The number of carboxylic acids is 1. The third-order valence-corrected chi connectivity index (χ3v) is 5.55. The van der Waals surface area contributed by atoms with Crippen molar-refractivity contribution < 1.29 is 14.6 Å². The molecule has 4 rings (SSSR count). The second-order valence-electron chi connectivity index (χ2n) is 7.16. The molecule has 0 amide bonds. The quantitative estimate of drug-likeness (QED) is 0.345. The Morgan fingerprint density at radius 1 is 1.21 bits per heavy atom. The standard InChI is InChI=1S/C24H17BrClN3O4/c1-14-28-21-7-5-18(25)11-20(21)23(30)29(14)27-12-17-10-19(26)6-8-22(17)33-13-15-3-2-4-16(9-15)24(31)32/h2-12H,13H2,1H3,(H,31,32). The van der Waals surface area contributed by atoms with Gasteiger partial charge >= 0.3 is 5.97 Å². The van der Waals surface area contributed by atoms with Crippen molar-refractivity contribution in [3.05, 3.63) is 103 Å². The Hall–Kier alpha value is -3.49. The van der Waals surface area contributed by atoms with Crippen molar-refractivity contribution in [2.24, 2.45) is 5.10 Å². The molecule has 1 heterocycles. The molecule has 0 aliphatic rings. The van der Waals surface area contributed by atoms with Crippen LogP contribution in [0.4, 0.5) is 0 Å². The number of hydrogen-bond donors (Lipinski definition) is 1. The van der Waals surface area contributed by atoms with Crippen LogP contribution in [0.25, 0.3) is 10.9 Å². The fraction of sp³-hybridized carbons (Fsp3) is 0.0833. The van der Waals surface area contributed by atoms with Gasteiger partial charge < -0.3 is 9.84 Å². The maximum Gasteiger partial charge on any atom is 0.335 e. The van der Waals surface area contributed by atoms with E-state index in [0.717, 1.165) is 4.47 Å². The Balaban J connectivity index is 1.65. The smallest absolute Gasteiger partial charge is 0.335 e. The molecule has 3 aromatic carbocycles. The fourth-order valence-electron chi connectivity index (χ4n) is 3.22. The van der Waals surface area contributed by atoms with Gasteiger partial charge in [-0.1, -0.05) is 39.7 Å². The van der Waals surface area contributed by atoms with E-state index in [9.17, 15) is 9.59 Å². The number of carboxylic acid groups (broad SMARTS) is 1. The lowest BCUT2D eigenvalue weighted by Gasteiger charge is -2.11. The first-order valence-corrected chi connectivity index (χ1v) is 11.0. The summed E-state index contributed by atoms with van der Waals surface area (Å²) < 4.78 is 7.88. The third-order valence-electron chi connectivity index (χ3n) is 4.82. The van der Waals surface area contributed by atoms with Gasteiger partial charge in [-0.15, -0.1) is 0 Å². The maximum absolute atomic E-state index is 13.0. The lowest BCUT2D eigenvalue weighted by Crippen LogP contribution is -2.20. The Kier molecular flexibility index (Phi) is 6.57. The van der Waals surface area contributed by atoms with Crippen LogP contribution < -0.4 is 10.3 Å². The van der Waals surface area contributed by atoms with Gasteiger partial charge in [0.05, 0.1) is 22.7 Å². The van der Waals surface area contributed by atoms with Gasteiger partial charge in [-0.3, -0.25) is 4.79 Å². The number of benzene rings is 3. The number of hydrogen-bond acceptors (Lipinski definition) is 5. The Morgan fingerprint density at radius 2 is 2.03 bits per heavy atom. The molecule has 1 N–H and O–H groups in total. The first-order valence-electron chi connectivity index (χ1n) is 9.79. The molecule has 0 saturated carbocycles. The van der Waals surface area contributed by atoms with Crippen LogP contribution >= 0.6 is 27.5 Å². The maximum atomic E-state index is 13.0. The SMILES string of the molecule is Cc1nc2ccc(Br)cc2c(=O)n1N=Cc1cc(Cl)ccc1OCc1cccc(C(=O)O)c1. The van der Waals surface area contributed by atoms with E-state index >= 15 is 0 Å². The molecule has 1 aromatic heterocycles. The molecule has 0 atom stereocenters. The molecule has 0 aliphatic heterocycles. The second kappa shape index (κ2) is 9.56. The number of aromatic nitrogens is 2. The summed E-state index contributed by atoms with van der Waals surface area (Å²) in [5.74, 6) is -0.0971. The lowest BCUT2D eigenvalue weighted by atomic mass is 10.1. The zero-order valence-corrected chi connectivity index (χ0v) is 19.7. The first-order chi connectivity index (χ1) is 15.8. The van der Waals surface area contributed by atoms with Gasteiger partial charge in [0.2, 0.25) is 0 Å². The zero-order valence-electron chi connectivity index (χ0n) is 17.3. The van der Waals surface area contributed by atoms with Crippen LogP contribution in [0, 0.1) is 6.92 Å². The van der Waals surface area contributed by atoms with Crippen LogP contribution in [0.5, 0.6) is 5.75 Å². The minimum Gasteiger partial charge on any atom is -0.488 e. The molecule has 9 heteroatoms. The van der Waals surface area contributed by atoms with E-state index in [1.807, 2.05) is 6.07 Å². The number of carbonyl (C=O) groups is 1. The summed E-state index contributed by atoms with van der Waals surface area (Å²) >= 11 is 9.53. The molecule has 33 heavy (non-hydrogen) atoms. The topological polar surface area (TPSA) is 93.8 Å². The number of halogens is 2. The minimum atomic E-state index is -1.01. The van der Waals surface area contributed by atoms with Crippen molar-refractivity contribution in [3.8, 4) is 5.75 Å². The van der Waals surface area contributed by atoms with E-state index in [4.69, 9.17) is 21.4 Å². The van der Waals surface area contributed by atoms with Gasteiger partial charge in [0.25, 0.3) is 5.56 Å². The molecule has 0 bridgehead atoms. The molecule has 0 aliphatic carbocycles. The number of aryl methyl sites for hydroxylation is 1. The first kappa shape index (κ1) is 22.7. The number of nitrogens with zero attached hydrogens (tertiary/aromatic N) is 3. The summed E-state index contributed by atoms with van der Waals surface area (Å²) in [6.07, 6.45) is 1.48. The fourth-order valence-corrected chi connectivity index (χ4v) is 3.76. The zero-order chi connectivity index (χ0) is 23.5. The van der Waals surface area contributed by atoms with Crippen molar-refractivity contribution >= 4 is 50.6 Å². The highest BCUT2D eigenvalue weighted by atomic mass is 79.9. The number of ether oxygens (including phenoxy) is 1. The summed E-state index contributed by atoms with van der Waals surface area (Å²) in [4.78, 5) is 28.6. The number of fused-ring (bicyclic) bond motifs is 1. The van der Waals surface area contributed by atoms with Crippen molar-refractivity contribution in [2.75, 3.05) is 0 Å². The summed E-state index contributed by atoms with van der Waals surface area (Å²) in [6, 6.07) is 16.8. The molecule has 166 valence electrons. The predicted molar refractivity (Wildman–Crippen MR) is 131 cm³/mol. The monoisotopic (exact) mass is 525 g/mol. The molecule has 4 aromatic rings. The van der Waals surface area contributed by atoms with Crippen molar-refractivity contribution in [2.45, 2.75) is 13.5 Å². The van der Waals surface area contributed by atoms with E-state index in [1.54, 1.807) is 55.5 Å². The highest BCUT2D eigenvalue weighted by Crippen LogP contribution is 2.23. The van der Waals surface area contributed by atoms with Gasteiger partial charge in [-0.05, 0) is 61.0 Å². The summed E-state index contributed by atoms with van der Waals surface area (Å²) in [7, 11) is 0. The van der Waals surface area contributed by atoms with Crippen molar-refractivity contribution in [3.63, 3.8) is 0 Å². The van der Waals surface area contributed by atoms with Crippen LogP contribution in [-0.4, -0.2) is 27.0 Å². The molecule has 7 nitrogen and oxygen atoms in total.